The van der Waals surface area contributed by atoms with Crippen molar-refractivity contribution < 1.29 is 26.7 Å². The predicted octanol–water partition coefficient (Wildman–Crippen LogP) is 3.68. The van der Waals surface area contributed by atoms with Crippen molar-refractivity contribution in [1.82, 2.24) is 4.98 Å². The first kappa shape index (κ1) is 12.2. The molecule has 0 atom stereocenters. The van der Waals surface area contributed by atoms with Gasteiger partial charge in [-0.25, -0.2) is 13.8 Å². The molecular formula is C7H3BrF5NO. The lowest BCUT2D eigenvalue weighted by molar-refractivity contribution is -0.276. The number of halogens is 6. The van der Waals surface area contributed by atoms with Gasteiger partial charge < -0.3 is 4.74 Å². The van der Waals surface area contributed by atoms with Gasteiger partial charge in [-0.1, -0.05) is 15.9 Å². The fourth-order valence-electron chi connectivity index (χ4n) is 0.820. The third kappa shape index (κ3) is 3.29. The summed E-state index contributed by atoms with van der Waals surface area (Å²) in [4.78, 5) is 3.09. The van der Waals surface area contributed by atoms with Crippen molar-refractivity contribution in [1.29, 1.82) is 0 Å². The summed E-state index contributed by atoms with van der Waals surface area (Å²) in [6.45, 7) is 0. The molecule has 0 bridgehead atoms. The van der Waals surface area contributed by atoms with E-state index in [9.17, 15) is 22.0 Å². The van der Waals surface area contributed by atoms with Crippen LogP contribution in [-0.4, -0.2) is 11.3 Å². The Morgan fingerprint density at radius 2 is 1.93 bits per heavy atom. The molecule has 84 valence electrons. The largest absolute Gasteiger partial charge is 0.574 e. The molecule has 1 aromatic heterocycles. The minimum absolute atomic E-state index is 0.188. The van der Waals surface area contributed by atoms with Crippen molar-refractivity contribution in [2.75, 3.05) is 0 Å². The van der Waals surface area contributed by atoms with Crippen LogP contribution in [0.1, 0.15) is 12.0 Å². The minimum atomic E-state index is -5.04. The molecule has 0 saturated carbocycles. The Hall–Kier alpha value is -0.920. The van der Waals surface area contributed by atoms with Crippen LogP contribution in [0.3, 0.4) is 0 Å². The summed E-state index contributed by atoms with van der Waals surface area (Å²) >= 11 is 2.69. The van der Waals surface area contributed by atoms with E-state index in [1.54, 1.807) is 0 Å². The first-order chi connectivity index (χ1) is 6.81. The van der Waals surface area contributed by atoms with Gasteiger partial charge >= 0.3 is 6.36 Å². The summed E-state index contributed by atoms with van der Waals surface area (Å²) < 4.78 is 63.2. The van der Waals surface area contributed by atoms with Crippen molar-refractivity contribution >= 4 is 15.9 Å². The number of rotatable bonds is 2. The van der Waals surface area contributed by atoms with E-state index in [4.69, 9.17) is 0 Å². The zero-order valence-electron chi connectivity index (χ0n) is 6.86. The van der Waals surface area contributed by atoms with Crippen LogP contribution in [-0.2, 0) is 0 Å². The second-order valence-corrected chi connectivity index (χ2v) is 3.21. The first-order valence-electron chi connectivity index (χ1n) is 3.49. The molecule has 1 aromatic rings. The number of aromatic nitrogens is 1. The zero-order valence-corrected chi connectivity index (χ0v) is 8.44. The minimum Gasteiger partial charge on any atom is -0.387 e. The van der Waals surface area contributed by atoms with Crippen molar-refractivity contribution in [3.63, 3.8) is 0 Å². The van der Waals surface area contributed by atoms with Crippen LogP contribution in [0.4, 0.5) is 22.0 Å². The fourth-order valence-corrected chi connectivity index (χ4v) is 1.28. The van der Waals surface area contributed by atoms with Crippen molar-refractivity contribution in [3.05, 3.63) is 22.3 Å². The summed E-state index contributed by atoms with van der Waals surface area (Å²) in [7, 11) is 0. The number of ether oxygens (including phenoxy) is 1. The van der Waals surface area contributed by atoms with Crippen LogP contribution in [0.25, 0.3) is 0 Å². The monoisotopic (exact) mass is 291 g/mol. The van der Waals surface area contributed by atoms with Gasteiger partial charge in [0.15, 0.2) is 0 Å². The van der Waals surface area contributed by atoms with Gasteiger partial charge in [-0.05, 0) is 6.07 Å². The van der Waals surface area contributed by atoms with Gasteiger partial charge in [0.25, 0.3) is 6.43 Å². The second-order valence-electron chi connectivity index (χ2n) is 2.36. The topological polar surface area (TPSA) is 22.1 Å². The summed E-state index contributed by atoms with van der Waals surface area (Å²) in [5.41, 5.74) is -0.921. The van der Waals surface area contributed by atoms with Crippen LogP contribution < -0.4 is 4.74 Å². The van der Waals surface area contributed by atoms with Crippen LogP contribution >= 0.6 is 15.9 Å². The van der Waals surface area contributed by atoms with E-state index in [2.05, 4.69) is 25.7 Å². The van der Waals surface area contributed by atoms with Crippen LogP contribution in [0.5, 0.6) is 5.88 Å². The normalized spacial score (nSPS) is 11.9. The standard InChI is InChI=1S/C7H3BrF5NO/c8-3-1-2-14-6(4(3)5(9)10)15-7(11,12)13/h1-2,5H. The van der Waals surface area contributed by atoms with E-state index in [0.29, 0.717) is 0 Å². The Kier molecular flexibility index (Phi) is 3.48. The van der Waals surface area contributed by atoms with Crippen molar-refractivity contribution in [3.8, 4) is 5.88 Å². The Labute approximate surface area is 89.2 Å². The van der Waals surface area contributed by atoms with Crippen LogP contribution in [0.2, 0.25) is 0 Å². The Bertz CT molecular complexity index is 354. The van der Waals surface area contributed by atoms with E-state index >= 15 is 0 Å². The number of nitrogens with zero attached hydrogens (tertiary/aromatic N) is 1. The van der Waals surface area contributed by atoms with Gasteiger partial charge in [0.2, 0.25) is 5.88 Å². The average Bonchev–Trinajstić information content (AvgIpc) is 1.99. The lowest BCUT2D eigenvalue weighted by Crippen LogP contribution is -2.19. The molecule has 8 heteroatoms. The molecule has 0 aliphatic rings. The van der Waals surface area contributed by atoms with Crippen LogP contribution in [0, 0.1) is 0 Å². The molecule has 0 N–H and O–H groups in total. The quantitative estimate of drug-likeness (QED) is 0.776. The Morgan fingerprint density at radius 1 is 1.33 bits per heavy atom. The number of hydrogen-bond donors (Lipinski definition) is 0. The average molecular weight is 292 g/mol. The molecule has 2 nitrogen and oxygen atoms in total. The molecule has 0 aliphatic heterocycles. The zero-order chi connectivity index (χ0) is 11.6. The number of hydrogen-bond acceptors (Lipinski definition) is 2. The SMILES string of the molecule is FC(F)c1c(Br)ccnc1OC(F)(F)F. The highest BCUT2D eigenvalue weighted by Gasteiger charge is 2.34. The van der Waals surface area contributed by atoms with Crippen LogP contribution in [0.15, 0.2) is 16.7 Å². The van der Waals surface area contributed by atoms with E-state index in [1.807, 2.05) is 0 Å². The maximum atomic E-state index is 12.3. The molecule has 0 amide bonds. The molecule has 0 radical (unpaired) electrons. The van der Waals surface area contributed by atoms with E-state index in [-0.39, 0.29) is 4.47 Å². The molecule has 0 spiro atoms. The molecule has 0 aromatic carbocycles. The molecule has 15 heavy (non-hydrogen) atoms. The molecule has 0 unspecified atom stereocenters. The Balaban J connectivity index is 3.12. The van der Waals surface area contributed by atoms with E-state index in [0.717, 1.165) is 12.3 Å². The summed E-state index contributed by atoms with van der Waals surface area (Å²) in [5, 5.41) is 0. The maximum Gasteiger partial charge on any atom is 0.574 e. The highest BCUT2D eigenvalue weighted by atomic mass is 79.9. The second kappa shape index (κ2) is 4.30. The lowest BCUT2D eigenvalue weighted by Gasteiger charge is -2.12. The van der Waals surface area contributed by atoms with Gasteiger partial charge in [0, 0.05) is 10.7 Å². The number of alkyl halides is 5. The summed E-state index contributed by atoms with van der Waals surface area (Å²) in [5.74, 6) is -1.15. The third-order valence-electron chi connectivity index (χ3n) is 1.33. The van der Waals surface area contributed by atoms with Gasteiger partial charge in [-0.15, -0.1) is 13.2 Å². The molecular weight excluding hydrogens is 289 g/mol. The smallest absolute Gasteiger partial charge is 0.387 e. The maximum absolute atomic E-state index is 12.3. The lowest BCUT2D eigenvalue weighted by atomic mass is 10.3. The van der Waals surface area contributed by atoms with Gasteiger partial charge in [0.05, 0.1) is 5.56 Å². The highest BCUT2D eigenvalue weighted by Crippen LogP contribution is 2.35. The van der Waals surface area contributed by atoms with Gasteiger partial charge in [-0.2, -0.15) is 0 Å². The number of pyridine rings is 1. The molecule has 0 saturated heterocycles. The van der Waals surface area contributed by atoms with E-state index < -0.39 is 24.2 Å². The third-order valence-corrected chi connectivity index (χ3v) is 2.02. The molecule has 1 rings (SSSR count). The van der Waals surface area contributed by atoms with E-state index in [1.165, 1.54) is 0 Å². The van der Waals surface area contributed by atoms with Gasteiger partial charge in [0.1, 0.15) is 0 Å². The fraction of sp³-hybridized carbons (Fsp3) is 0.286. The van der Waals surface area contributed by atoms with Gasteiger partial charge in [-0.3, -0.25) is 0 Å². The highest BCUT2D eigenvalue weighted by molar-refractivity contribution is 9.10. The first-order valence-corrected chi connectivity index (χ1v) is 4.29. The molecule has 0 fully saturated rings. The summed E-state index contributed by atoms with van der Waals surface area (Å²) in [6.07, 6.45) is -7.22. The summed E-state index contributed by atoms with van der Waals surface area (Å²) in [6, 6.07) is 1.10. The van der Waals surface area contributed by atoms with Crippen molar-refractivity contribution in [2.45, 2.75) is 12.8 Å². The predicted molar refractivity (Wildman–Crippen MR) is 43.6 cm³/mol. The van der Waals surface area contributed by atoms with Crippen molar-refractivity contribution in [2.24, 2.45) is 0 Å². The molecule has 1 heterocycles. The molecule has 0 aliphatic carbocycles. The Morgan fingerprint density at radius 3 is 2.40 bits per heavy atom.